The second kappa shape index (κ2) is 2.31. The minimum absolute atomic E-state index is 0.175. The molecular weight excluding hydrogens is 148 g/mol. The first kappa shape index (κ1) is 7.67. The summed E-state index contributed by atoms with van der Waals surface area (Å²) in [6.07, 6.45) is 4.13. The summed E-state index contributed by atoms with van der Waals surface area (Å²) in [6.45, 7) is 3.93. The summed E-state index contributed by atoms with van der Waals surface area (Å²) in [5.41, 5.74) is -0.175. The topological polar surface area (TPSA) is 20.2 Å². The molecule has 1 rings (SSSR count). The van der Waals surface area contributed by atoms with Crippen molar-refractivity contribution in [1.29, 1.82) is 0 Å². The van der Waals surface area contributed by atoms with Crippen molar-refractivity contribution in [3.63, 3.8) is 0 Å². The molecule has 0 aromatic rings. The molecule has 1 aliphatic rings. The van der Waals surface area contributed by atoms with Crippen molar-refractivity contribution in [3.05, 3.63) is 22.9 Å². The molecule has 0 atom stereocenters. The van der Waals surface area contributed by atoms with E-state index in [1.807, 2.05) is 13.8 Å². The standard InChI is InChI=1S/C8H11ClO/c1-8(2)5-6(9)3-4-7(8)10/h3-4,10H,5H2,1-2H3. The van der Waals surface area contributed by atoms with Crippen LogP contribution in [0, 0.1) is 5.41 Å². The van der Waals surface area contributed by atoms with E-state index in [0.29, 0.717) is 5.76 Å². The van der Waals surface area contributed by atoms with Gasteiger partial charge in [0.25, 0.3) is 0 Å². The van der Waals surface area contributed by atoms with Crippen LogP contribution in [0.4, 0.5) is 0 Å². The molecule has 0 amide bonds. The second-order valence-electron chi connectivity index (χ2n) is 3.23. The van der Waals surface area contributed by atoms with Gasteiger partial charge in [0, 0.05) is 10.4 Å². The first-order valence-electron chi connectivity index (χ1n) is 3.28. The van der Waals surface area contributed by atoms with Crippen molar-refractivity contribution in [2.75, 3.05) is 0 Å². The van der Waals surface area contributed by atoms with Gasteiger partial charge in [0.15, 0.2) is 0 Å². The Morgan fingerprint density at radius 3 is 2.50 bits per heavy atom. The third kappa shape index (κ3) is 1.35. The molecule has 1 nitrogen and oxygen atoms in total. The lowest BCUT2D eigenvalue weighted by Crippen LogP contribution is -2.16. The van der Waals surface area contributed by atoms with Crippen LogP contribution in [0.15, 0.2) is 22.9 Å². The molecule has 0 unspecified atom stereocenters. The first-order valence-corrected chi connectivity index (χ1v) is 3.66. The van der Waals surface area contributed by atoms with Gasteiger partial charge >= 0.3 is 0 Å². The van der Waals surface area contributed by atoms with Gasteiger partial charge in [-0.3, -0.25) is 0 Å². The van der Waals surface area contributed by atoms with Crippen molar-refractivity contribution in [2.45, 2.75) is 20.3 Å². The third-order valence-corrected chi connectivity index (χ3v) is 1.99. The number of allylic oxidation sites excluding steroid dienone is 4. The van der Waals surface area contributed by atoms with Gasteiger partial charge in [-0.05, 0) is 18.6 Å². The Kier molecular flexibility index (Phi) is 1.78. The molecule has 0 aliphatic heterocycles. The van der Waals surface area contributed by atoms with Gasteiger partial charge in [-0.15, -0.1) is 0 Å². The third-order valence-electron chi connectivity index (χ3n) is 1.73. The molecule has 0 saturated heterocycles. The zero-order chi connectivity index (χ0) is 7.78. The molecule has 10 heavy (non-hydrogen) atoms. The van der Waals surface area contributed by atoms with Gasteiger partial charge in [-0.25, -0.2) is 0 Å². The fourth-order valence-corrected chi connectivity index (χ4v) is 1.36. The molecule has 0 fully saturated rings. The van der Waals surface area contributed by atoms with Gasteiger partial charge in [0.1, 0.15) is 0 Å². The highest BCUT2D eigenvalue weighted by Gasteiger charge is 2.25. The van der Waals surface area contributed by atoms with Crippen molar-refractivity contribution in [1.82, 2.24) is 0 Å². The second-order valence-corrected chi connectivity index (χ2v) is 3.71. The fourth-order valence-electron chi connectivity index (χ4n) is 0.967. The average molecular weight is 159 g/mol. The van der Waals surface area contributed by atoms with Crippen LogP contribution in [0.2, 0.25) is 0 Å². The van der Waals surface area contributed by atoms with E-state index in [9.17, 15) is 5.11 Å². The van der Waals surface area contributed by atoms with Crippen LogP contribution < -0.4 is 0 Å². The van der Waals surface area contributed by atoms with Gasteiger partial charge in [-0.1, -0.05) is 25.4 Å². The Balaban J connectivity index is 2.89. The number of hydrogen-bond acceptors (Lipinski definition) is 1. The Labute approximate surface area is 66.0 Å². The minimum Gasteiger partial charge on any atom is -0.512 e. The highest BCUT2D eigenvalue weighted by molar-refractivity contribution is 6.29. The Bertz CT molecular complexity index is 201. The number of aliphatic hydroxyl groups excluding tert-OH is 1. The molecule has 0 saturated carbocycles. The first-order chi connectivity index (χ1) is 4.52. The van der Waals surface area contributed by atoms with E-state index in [0.717, 1.165) is 11.5 Å². The maximum absolute atomic E-state index is 9.31. The summed E-state index contributed by atoms with van der Waals surface area (Å²) in [7, 11) is 0. The normalized spacial score (nSPS) is 23.5. The Hall–Kier alpha value is -0.430. The molecule has 0 bridgehead atoms. The van der Waals surface area contributed by atoms with E-state index in [1.54, 1.807) is 12.2 Å². The zero-order valence-corrected chi connectivity index (χ0v) is 6.94. The van der Waals surface area contributed by atoms with Crippen LogP contribution in [0.3, 0.4) is 0 Å². The molecule has 1 N–H and O–H groups in total. The molecule has 0 radical (unpaired) electrons. The summed E-state index contributed by atoms with van der Waals surface area (Å²) >= 11 is 5.77. The van der Waals surface area contributed by atoms with Crippen LogP contribution in [-0.2, 0) is 0 Å². The van der Waals surface area contributed by atoms with Gasteiger partial charge in [0.05, 0.1) is 5.76 Å². The summed E-state index contributed by atoms with van der Waals surface area (Å²) in [6, 6.07) is 0. The molecule has 1 aliphatic carbocycles. The van der Waals surface area contributed by atoms with E-state index in [4.69, 9.17) is 11.6 Å². The number of hydrogen-bond donors (Lipinski definition) is 1. The average Bonchev–Trinajstić information content (AvgIpc) is 1.78. The molecule has 0 aromatic carbocycles. The van der Waals surface area contributed by atoms with Crippen molar-refractivity contribution in [2.24, 2.45) is 5.41 Å². The molecule has 0 heterocycles. The number of halogens is 1. The SMILES string of the molecule is CC1(C)CC(Cl)=CC=C1O. The maximum atomic E-state index is 9.31. The lowest BCUT2D eigenvalue weighted by molar-refractivity contribution is 0.255. The van der Waals surface area contributed by atoms with Crippen LogP contribution in [0.5, 0.6) is 0 Å². The lowest BCUT2D eigenvalue weighted by atomic mass is 9.84. The molecule has 0 aromatic heterocycles. The summed E-state index contributed by atoms with van der Waals surface area (Å²) in [4.78, 5) is 0. The van der Waals surface area contributed by atoms with Crippen molar-refractivity contribution < 1.29 is 5.11 Å². The van der Waals surface area contributed by atoms with Crippen molar-refractivity contribution >= 4 is 11.6 Å². The fraction of sp³-hybridized carbons (Fsp3) is 0.500. The minimum atomic E-state index is -0.175. The summed E-state index contributed by atoms with van der Waals surface area (Å²) < 4.78 is 0. The Morgan fingerprint density at radius 2 is 2.10 bits per heavy atom. The predicted octanol–water partition coefficient (Wildman–Crippen LogP) is 2.98. The molecule has 0 spiro atoms. The van der Waals surface area contributed by atoms with Gasteiger partial charge in [-0.2, -0.15) is 0 Å². The Morgan fingerprint density at radius 1 is 1.50 bits per heavy atom. The molecule has 2 heteroatoms. The van der Waals surface area contributed by atoms with E-state index < -0.39 is 0 Å². The van der Waals surface area contributed by atoms with E-state index in [2.05, 4.69) is 0 Å². The van der Waals surface area contributed by atoms with E-state index in [1.165, 1.54) is 0 Å². The van der Waals surface area contributed by atoms with E-state index in [-0.39, 0.29) is 5.41 Å². The largest absolute Gasteiger partial charge is 0.512 e. The smallest absolute Gasteiger partial charge is 0.0982 e. The van der Waals surface area contributed by atoms with Crippen LogP contribution >= 0.6 is 11.6 Å². The highest BCUT2D eigenvalue weighted by Crippen LogP contribution is 2.36. The van der Waals surface area contributed by atoms with Crippen LogP contribution in [0.25, 0.3) is 0 Å². The van der Waals surface area contributed by atoms with Crippen LogP contribution in [0.1, 0.15) is 20.3 Å². The van der Waals surface area contributed by atoms with Gasteiger partial charge in [0.2, 0.25) is 0 Å². The summed E-state index contributed by atoms with van der Waals surface area (Å²) in [5.74, 6) is 0.414. The monoisotopic (exact) mass is 158 g/mol. The number of aliphatic hydroxyl groups is 1. The predicted molar refractivity (Wildman–Crippen MR) is 43.0 cm³/mol. The summed E-state index contributed by atoms with van der Waals surface area (Å²) in [5, 5.41) is 10.1. The number of rotatable bonds is 0. The van der Waals surface area contributed by atoms with Gasteiger partial charge < -0.3 is 5.11 Å². The van der Waals surface area contributed by atoms with Crippen molar-refractivity contribution in [3.8, 4) is 0 Å². The van der Waals surface area contributed by atoms with E-state index >= 15 is 0 Å². The van der Waals surface area contributed by atoms with Crippen LogP contribution in [-0.4, -0.2) is 5.11 Å². The maximum Gasteiger partial charge on any atom is 0.0982 e. The molecular formula is C8H11ClO. The zero-order valence-electron chi connectivity index (χ0n) is 6.19. The lowest BCUT2D eigenvalue weighted by Gasteiger charge is -2.25. The highest BCUT2D eigenvalue weighted by atomic mass is 35.5. The quantitative estimate of drug-likeness (QED) is 0.575. The molecule has 56 valence electrons.